The molecule has 1 aliphatic rings. The van der Waals surface area contributed by atoms with Crippen molar-refractivity contribution in [3.05, 3.63) is 102 Å². The van der Waals surface area contributed by atoms with Crippen molar-refractivity contribution in [3.8, 4) is 0 Å². The van der Waals surface area contributed by atoms with E-state index in [4.69, 9.17) is 0 Å². The smallest absolute Gasteiger partial charge is 0.0945 e. The lowest BCUT2D eigenvalue weighted by molar-refractivity contribution is 0.474. The fourth-order valence-corrected chi connectivity index (χ4v) is 6.27. The monoisotopic (exact) mass is 386 g/mol. The number of rotatable bonds is 5. The summed E-state index contributed by atoms with van der Waals surface area (Å²) in [6.45, 7) is 7.51. The van der Waals surface area contributed by atoms with Crippen LogP contribution in [-0.2, 0) is 0 Å². The van der Waals surface area contributed by atoms with Gasteiger partial charge in [0.2, 0.25) is 0 Å². The van der Waals surface area contributed by atoms with Crippen LogP contribution in [0.4, 0.5) is 5.69 Å². The zero-order valence-corrected chi connectivity index (χ0v) is 17.7. The van der Waals surface area contributed by atoms with Gasteiger partial charge < -0.3 is 9.80 Å². The Hall–Kier alpha value is -2.57. The molecule has 0 N–H and O–H groups in total. The molecule has 0 unspecified atom stereocenters. The summed E-state index contributed by atoms with van der Waals surface area (Å²) < 4.78 is 0. The van der Waals surface area contributed by atoms with Crippen LogP contribution in [0.15, 0.2) is 85.2 Å². The van der Waals surface area contributed by atoms with Gasteiger partial charge in [0.05, 0.1) is 6.67 Å². The number of hydrogen-bond acceptors (Lipinski definition) is 2. The van der Waals surface area contributed by atoms with Crippen LogP contribution in [0.3, 0.4) is 0 Å². The van der Waals surface area contributed by atoms with E-state index in [1.165, 1.54) is 33.0 Å². The Balaban J connectivity index is 1.56. The van der Waals surface area contributed by atoms with E-state index in [1.54, 1.807) is 0 Å². The lowest BCUT2D eigenvalue weighted by Crippen LogP contribution is -2.29. The van der Waals surface area contributed by atoms with E-state index in [2.05, 4.69) is 116 Å². The van der Waals surface area contributed by atoms with Crippen molar-refractivity contribution in [2.24, 2.45) is 0 Å². The summed E-state index contributed by atoms with van der Waals surface area (Å²) in [5.74, 6) is 0. The Kier molecular flexibility index (Phi) is 5.50. The predicted molar refractivity (Wildman–Crippen MR) is 123 cm³/mol. The molecule has 3 aromatic carbocycles. The highest BCUT2D eigenvalue weighted by atomic mass is 31.1. The van der Waals surface area contributed by atoms with Crippen molar-refractivity contribution in [1.29, 1.82) is 0 Å². The second-order valence-corrected chi connectivity index (χ2v) is 9.66. The molecule has 1 aliphatic heterocycles. The number of aryl methyl sites for hydroxylation is 3. The van der Waals surface area contributed by atoms with E-state index in [0.717, 1.165) is 13.0 Å². The van der Waals surface area contributed by atoms with Crippen LogP contribution in [0.1, 0.15) is 16.7 Å². The van der Waals surface area contributed by atoms with E-state index in [1.807, 2.05) is 0 Å². The largest absolute Gasteiger partial charge is 0.353 e. The zero-order valence-electron chi connectivity index (χ0n) is 16.8. The molecule has 0 spiro atoms. The van der Waals surface area contributed by atoms with Crippen LogP contribution in [0, 0.1) is 20.8 Å². The molecule has 3 aromatic rings. The average Bonchev–Trinajstić information content (AvgIpc) is 3.15. The predicted octanol–water partition coefficient (Wildman–Crippen LogP) is 5.25. The minimum atomic E-state index is -0.422. The molecule has 4 rings (SSSR count). The molecule has 0 radical (unpaired) electrons. The summed E-state index contributed by atoms with van der Waals surface area (Å²) in [6.07, 6.45) is 5.51. The molecule has 3 heteroatoms. The molecular formula is C25H27N2P. The fraction of sp³-hybridized carbons (Fsp3) is 0.200. The summed E-state index contributed by atoms with van der Waals surface area (Å²) in [4.78, 5) is 4.83. The summed E-state index contributed by atoms with van der Waals surface area (Å²) in [7, 11) is -0.422. The lowest BCUT2D eigenvalue weighted by Gasteiger charge is -2.28. The number of hydrogen-bond donors (Lipinski definition) is 0. The SMILES string of the molecule is Cc1cc(C)c(N2C=CN(CP(c3ccccc3)c3ccccc3)C2)c(C)c1. The van der Waals surface area contributed by atoms with Crippen molar-refractivity contribution in [1.82, 2.24) is 4.90 Å². The molecule has 0 amide bonds. The van der Waals surface area contributed by atoms with Crippen molar-refractivity contribution in [3.63, 3.8) is 0 Å². The molecule has 0 aromatic heterocycles. The third-order valence-electron chi connectivity index (χ3n) is 5.17. The Morgan fingerprint density at radius 1 is 0.750 bits per heavy atom. The first-order valence-corrected chi connectivity index (χ1v) is 11.3. The number of anilines is 1. The molecule has 0 saturated carbocycles. The van der Waals surface area contributed by atoms with Gasteiger partial charge in [0.1, 0.15) is 0 Å². The number of nitrogens with zero attached hydrogens (tertiary/aromatic N) is 2. The fourth-order valence-electron chi connectivity index (χ4n) is 4.04. The normalized spacial score (nSPS) is 13.6. The van der Waals surface area contributed by atoms with E-state index in [9.17, 15) is 0 Å². The van der Waals surface area contributed by atoms with Gasteiger partial charge in [-0.1, -0.05) is 78.4 Å². The zero-order chi connectivity index (χ0) is 19.5. The van der Waals surface area contributed by atoms with Crippen LogP contribution in [0.25, 0.3) is 0 Å². The lowest BCUT2D eigenvalue weighted by atomic mass is 10.0. The summed E-state index contributed by atoms with van der Waals surface area (Å²) in [5.41, 5.74) is 5.36. The van der Waals surface area contributed by atoms with Gasteiger partial charge in [-0.2, -0.15) is 0 Å². The van der Waals surface area contributed by atoms with Gasteiger partial charge in [0.25, 0.3) is 0 Å². The van der Waals surface area contributed by atoms with Gasteiger partial charge in [-0.05, 0) is 50.4 Å². The van der Waals surface area contributed by atoms with Crippen molar-refractivity contribution < 1.29 is 0 Å². The third kappa shape index (κ3) is 3.98. The highest BCUT2D eigenvalue weighted by molar-refractivity contribution is 7.72. The molecule has 0 fully saturated rings. The summed E-state index contributed by atoms with van der Waals surface area (Å²) in [6, 6.07) is 26.4. The molecule has 28 heavy (non-hydrogen) atoms. The van der Waals surface area contributed by atoms with Crippen LogP contribution in [0.5, 0.6) is 0 Å². The van der Waals surface area contributed by atoms with Crippen molar-refractivity contribution in [2.45, 2.75) is 20.8 Å². The minimum absolute atomic E-state index is 0.422. The quantitative estimate of drug-likeness (QED) is 0.553. The molecule has 0 bridgehead atoms. The highest BCUT2D eigenvalue weighted by Gasteiger charge is 2.22. The number of benzene rings is 3. The van der Waals surface area contributed by atoms with E-state index >= 15 is 0 Å². The Bertz CT molecular complexity index is 904. The first kappa shape index (κ1) is 18.8. The molecule has 0 atom stereocenters. The van der Waals surface area contributed by atoms with E-state index < -0.39 is 7.92 Å². The summed E-state index contributed by atoms with van der Waals surface area (Å²) >= 11 is 0. The first-order chi connectivity index (χ1) is 13.6. The first-order valence-electron chi connectivity index (χ1n) is 9.76. The van der Waals surface area contributed by atoms with Gasteiger partial charge in [-0.25, -0.2) is 0 Å². The second kappa shape index (κ2) is 8.20. The molecule has 2 nitrogen and oxygen atoms in total. The molecular weight excluding hydrogens is 359 g/mol. The van der Waals surface area contributed by atoms with Crippen LogP contribution < -0.4 is 15.5 Å². The summed E-state index contributed by atoms with van der Waals surface area (Å²) in [5, 5.41) is 2.86. The Labute approximate surface area is 169 Å². The van der Waals surface area contributed by atoms with Gasteiger partial charge >= 0.3 is 0 Å². The second-order valence-electron chi connectivity index (χ2n) is 7.49. The maximum absolute atomic E-state index is 2.45. The van der Waals surface area contributed by atoms with Crippen molar-refractivity contribution in [2.75, 3.05) is 17.9 Å². The third-order valence-corrected chi connectivity index (χ3v) is 7.66. The maximum atomic E-state index is 2.45. The van der Waals surface area contributed by atoms with Crippen LogP contribution in [-0.4, -0.2) is 17.9 Å². The molecule has 0 saturated heterocycles. The van der Waals surface area contributed by atoms with Gasteiger partial charge in [-0.15, -0.1) is 0 Å². The highest BCUT2D eigenvalue weighted by Crippen LogP contribution is 2.36. The molecule has 1 heterocycles. The molecule has 0 aliphatic carbocycles. The van der Waals surface area contributed by atoms with Crippen LogP contribution in [0.2, 0.25) is 0 Å². The van der Waals surface area contributed by atoms with Gasteiger partial charge in [0.15, 0.2) is 0 Å². The topological polar surface area (TPSA) is 6.48 Å². The molecule has 142 valence electrons. The van der Waals surface area contributed by atoms with Crippen molar-refractivity contribution >= 4 is 24.2 Å². The maximum Gasteiger partial charge on any atom is 0.0945 e. The van der Waals surface area contributed by atoms with E-state index in [0.29, 0.717) is 0 Å². The van der Waals surface area contributed by atoms with Gasteiger partial charge in [0, 0.05) is 24.4 Å². The Morgan fingerprint density at radius 2 is 1.29 bits per heavy atom. The minimum Gasteiger partial charge on any atom is -0.353 e. The van der Waals surface area contributed by atoms with E-state index in [-0.39, 0.29) is 0 Å². The van der Waals surface area contributed by atoms with Crippen LogP contribution >= 0.6 is 7.92 Å². The average molecular weight is 386 g/mol. The standard InChI is InChI=1S/C25H27N2P/c1-20-16-21(2)25(22(3)17-20)27-15-14-26(18-27)19-28(23-10-6-4-7-11-23)24-12-8-5-9-13-24/h4-17H,18-19H2,1-3H3. The Morgan fingerprint density at radius 3 is 1.82 bits per heavy atom. The van der Waals surface area contributed by atoms with Gasteiger partial charge in [-0.3, -0.25) is 0 Å².